The van der Waals surface area contributed by atoms with Crippen LogP contribution in [0.15, 0.2) is 72.8 Å². The van der Waals surface area contributed by atoms with E-state index >= 15 is 0 Å². The third-order valence-electron chi connectivity index (χ3n) is 1.69. The molecule has 0 saturated heterocycles. The molecule has 96 valence electrons. The van der Waals surface area contributed by atoms with E-state index in [0.29, 0.717) is 0 Å². The Labute approximate surface area is 108 Å². The number of carbonyl (C=O) groups excluding carboxylic acids is 1. The summed E-state index contributed by atoms with van der Waals surface area (Å²) in [5.41, 5.74) is 0. The molecule has 2 aromatic carbocycles. The van der Waals surface area contributed by atoms with Crippen molar-refractivity contribution in [2.45, 2.75) is 0 Å². The van der Waals surface area contributed by atoms with E-state index in [1.54, 1.807) is 0 Å². The number of aliphatic hydroxyl groups is 1. The van der Waals surface area contributed by atoms with Crippen LogP contribution in [-0.2, 0) is 9.53 Å². The van der Waals surface area contributed by atoms with Crippen molar-refractivity contribution in [1.82, 2.24) is 0 Å². The molecule has 0 atom stereocenters. The molecular formula is C15H18O3. The number of ether oxygens (including phenoxy) is 1. The fourth-order valence-corrected chi connectivity index (χ4v) is 0.834. The molecule has 0 aliphatic heterocycles. The van der Waals surface area contributed by atoms with Crippen LogP contribution < -0.4 is 0 Å². The van der Waals surface area contributed by atoms with E-state index in [1.807, 2.05) is 72.8 Å². The summed E-state index contributed by atoms with van der Waals surface area (Å²) in [7, 11) is 1.22. The molecule has 0 aliphatic carbocycles. The Morgan fingerprint density at radius 3 is 1.06 bits per heavy atom. The number of hydrogen-bond acceptors (Lipinski definition) is 3. The molecule has 3 nitrogen and oxygen atoms in total. The summed E-state index contributed by atoms with van der Waals surface area (Å²) < 4.78 is 4.01. The summed E-state index contributed by atoms with van der Waals surface area (Å²) in [6.45, 7) is -0.531. The first-order chi connectivity index (χ1) is 8.81. The molecule has 2 aromatic rings. The summed E-state index contributed by atoms with van der Waals surface area (Å²) in [5.74, 6) is -0.602. The van der Waals surface area contributed by atoms with Gasteiger partial charge in [0.15, 0.2) is 0 Å². The summed E-state index contributed by atoms with van der Waals surface area (Å²) >= 11 is 0. The molecule has 0 saturated carbocycles. The second kappa shape index (κ2) is 12.9. The van der Waals surface area contributed by atoms with Crippen molar-refractivity contribution in [3.05, 3.63) is 72.8 Å². The topological polar surface area (TPSA) is 46.5 Å². The predicted octanol–water partition coefficient (Wildman–Crippen LogP) is 2.52. The van der Waals surface area contributed by atoms with Gasteiger partial charge in [-0.15, -0.1) is 0 Å². The van der Waals surface area contributed by atoms with Gasteiger partial charge in [-0.3, -0.25) is 0 Å². The Morgan fingerprint density at radius 2 is 1.00 bits per heavy atom. The van der Waals surface area contributed by atoms with Crippen LogP contribution in [0.25, 0.3) is 0 Å². The molecule has 0 aromatic heterocycles. The molecule has 0 unspecified atom stereocenters. The van der Waals surface area contributed by atoms with Gasteiger partial charge >= 0.3 is 5.97 Å². The monoisotopic (exact) mass is 246 g/mol. The minimum Gasteiger partial charge on any atom is -0.467 e. The maximum absolute atomic E-state index is 9.71. The second-order valence-electron chi connectivity index (χ2n) is 3.04. The average Bonchev–Trinajstić information content (AvgIpc) is 2.51. The molecule has 0 spiro atoms. The van der Waals surface area contributed by atoms with E-state index in [2.05, 4.69) is 4.74 Å². The van der Waals surface area contributed by atoms with Crippen LogP contribution in [0.3, 0.4) is 0 Å². The first kappa shape index (κ1) is 15.9. The normalized spacial score (nSPS) is 7.89. The van der Waals surface area contributed by atoms with Crippen LogP contribution in [0.1, 0.15) is 0 Å². The van der Waals surface area contributed by atoms with Gasteiger partial charge in [-0.1, -0.05) is 72.8 Å². The van der Waals surface area contributed by atoms with Crippen LogP contribution in [0.2, 0.25) is 0 Å². The lowest BCUT2D eigenvalue weighted by molar-refractivity contribution is -0.143. The largest absolute Gasteiger partial charge is 0.467 e. The first-order valence-electron chi connectivity index (χ1n) is 5.49. The lowest BCUT2D eigenvalue weighted by Gasteiger charge is -1.86. The Kier molecular flexibility index (Phi) is 11.4. The number of benzene rings is 2. The van der Waals surface area contributed by atoms with Gasteiger partial charge < -0.3 is 9.84 Å². The summed E-state index contributed by atoms with van der Waals surface area (Å²) in [4.78, 5) is 9.71. The molecule has 1 N–H and O–H groups in total. The first-order valence-corrected chi connectivity index (χ1v) is 5.49. The van der Waals surface area contributed by atoms with Gasteiger partial charge in [0.2, 0.25) is 0 Å². The number of carbonyl (C=O) groups is 1. The van der Waals surface area contributed by atoms with Gasteiger partial charge in [0.05, 0.1) is 7.11 Å². The molecule has 0 fully saturated rings. The third-order valence-corrected chi connectivity index (χ3v) is 1.69. The van der Waals surface area contributed by atoms with E-state index in [1.165, 1.54) is 7.11 Å². The molecule has 2 rings (SSSR count). The van der Waals surface area contributed by atoms with E-state index in [-0.39, 0.29) is 0 Å². The number of hydrogen-bond donors (Lipinski definition) is 1. The highest BCUT2D eigenvalue weighted by Crippen LogP contribution is 1.80. The van der Waals surface area contributed by atoms with Crippen molar-refractivity contribution in [2.75, 3.05) is 13.7 Å². The number of methoxy groups -OCH3 is 1. The summed E-state index contributed by atoms with van der Waals surface area (Å²) in [6.07, 6.45) is 0. The van der Waals surface area contributed by atoms with Crippen molar-refractivity contribution < 1.29 is 14.6 Å². The van der Waals surface area contributed by atoms with Crippen molar-refractivity contribution in [3.8, 4) is 0 Å². The number of esters is 1. The minimum absolute atomic E-state index is 0.531. The van der Waals surface area contributed by atoms with Gasteiger partial charge in [-0.05, 0) is 0 Å². The second-order valence-corrected chi connectivity index (χ2v) is 3.04. The fraction of sp³-hybridized carbons (Fsp3) is 0.133. The third kappa shape index (κ3) is 11.9. The maximum Gasteiger partial charge on any atom is 0.331 e. The van der Waals surface area contributed by atoms with Crippen molar-refractivity contribution in [2.24, 2.45) is 0 Å². The SMILES string of the molecule is COC(=O)CO.c1ccccc1.c1ccccc1. The van der Waals surface area contributed by atoms with E-state index in [4.69, 9.17) is 5.11 Å². The van der Waals surface area contributed by atoms with Crippen molar-refractivity contribution in [3.63, 3.8) is 0 Å². The molecule has 18 heavy (non-hydrogen) atoms. The smallest absolute Gasteiger partial charge is 0.331 e. The van der Waals surface area contributed by atoms with Gasteiger partial charge in [0.25, 0.3) is 0 Å². The van der Waals surface area contributed by atoms with E-state index < -0.39 is 12.6 Å². The fourth-order valence-electron chi connectivity index (χ4n) is 0.834. The zero-order valence-electron chi connectivity index (χ0n) is 10.4. The highest BCUT2D eigenvalue weighted by molar-refractivity contribution is 5.70. The molecule has 0 aliphatic rings. The zero-order chi connectivity index (χ0) is 13.5. The quantitative estimate of drug-likeness (QED) is 0.786. The lowest BCUT2D eigenvalue weighted by Crippen LogP contribution is -2.04. The van der Waals surface area contributed by atoms with Gasteiger partial charge in [0.1, 0.15) is 6.61 Å². The number of aliphatic hydroxyl groups excluding tert-OH is 1. The standard InChI is InChI=1S/2C6H6.C3H6O3/c2*1-2-4-6-5-3-1;1-6-3(5)2-4/h2*1-6H;4H,2H2,1H3. The van der Waals surface area contributed by atoms with Gasteiger partial charge in [-0.2, -0.15) is 0 Å². The molecule has 3 heteroatoms. The molecular weight excluding hydrogens is 228 g/mol. The number of rotatable bonds is 1. The van der Waals surface area contributed by atoms with E-state index in [9.17, 15) is 4.79 Å². The lowest BCUT2D eigenvalue weighted by atomic mass is 10.4. The highest BCUT2D eigenvalue weighted by atomic mass is 16.5. The average molecular weight is 246 g/mol. The van der Waals surface area contributed by atoms with Crippen LogP contribution in [0.4, 0.5) is 0 Å². The van der Waals surface area contributed by atoms with Crippen molar-refractivity contribution >= 4 is 5.97 Å². The van der Waals surface area contributed by atoms with Crippen molar-refractivity contribution in [1.29, 1.82) is 0 Å². The van der Waals surface area contributed by atoms with Gasteiger partial charge in [-0.25, -0.2) is 4.79 Å². The molecule has 0 radical (unpaired) electrons. The molecule has 0 bridgehead atoms. The minimum atomic E-state index is -0.602. The highest BCUT2D eigenvalue weighted by Gasteiger charge is 1.89. The Hall–Kier alpha value is -2.13. The summed E-state index contributed by atoms with van der Waals surface area (Å²) in [6, 6.07) is 24.0. The maximum atomic E-state index is 9.71. The zero-order valence-corrected chi connectivity index (χ0v) is 10.4. The Morgan fingerprint density at radius 1 is 0.778 bits per heavy atom. The Bertz CT molecular complexity index is 283. The predicted molar refractivity (Wildman–Crippen MR) is 72.0 cm³/mol. The molecule has 0 heterocycles. The molecule has 0 amide bonds. The summed E-state index contributed by atoms with van der Waals surface area (Å²) in [5, 5.41) is 7.86. The van der Waals surface area contributed by atoms with Crippen LogP contribution in [-0.4, -0.2) is 24.8 Å². The van der Waals surface area contributed by atoms with Gasteiger partial charge in [0, 0.05) is 0 Å². The van der Waals surface area contributed by atoms with Crippen LogP contribution in [0, 0.1) is 0 Å². The van der Waals surface area contributed by atoms with Crippen LogP contribution in [0.5, 0.6) is 0 Å². The Balaban J connectivity index is 0.000000241. The van der Waals surface area contributed by atoms with Crippen LogP contribution >= 0.6 is 0 Å². The van der Waals surface area contributed by atoms with E-state index in [0.717, 1.165) is 0 Å².